The molecule has 1 fully saturated rings. The van der Waals surface area contributed by atoms with Gasteiger partial charge in [-0.05, 0) is 37.3 Å². The molecule has 2 N–H and O–H groups in total. The Morgan fingerprint density at radius 2 is 2.03 bits per heavy atom. The Balaban J connectivity index is 1.11. The van der Waals surface area contributed by atoms with E-state index in [0.29, 0.717) is 17.0 Å². The smallest absolute Gasteiger partial charge is 0.232 e. The number of hydrogen-bond acceptors (Lipinski definition) is 10. The topological polar surface area (TPSA) is 123 Å². The SMILES string of the molecule is Cn1ccc(Nc2nnc([C@@H]3CC[C@H](Cc4nnc(NC(=O)Cc5ccccn5)s4)C3)s2)n1. The monoisotopic (exact) mass is 481 g/mol. The predicted molar refractivity (Wildman–Crippen MR) is 127 cm³/mol. The summed E-state index contributed by atoms with van der Waals surface area (Å²) in [4.78, 5) is 16.4. The van der Waals surface area contributed by atoms with E-state index in [0.717, 1.165) is 52.3 Å². The maximum Gasteiger partial charge on any atom is 0.232 e. The summed E-state index contributed by atoms with van der Waals surface area (Å²) in [5, 5.41) is 30.8. The zero-order valence-electron chi connectivity index (χ0n) is 18.0. The number of pyridine rings is 1. The maximum absolute atomic E-state index is 12.2. The summed E-state index contributed by atoms with van der Waals surface area (Å²) in [6, 6.07) is 7.43. The number of anilines is 3. The average molecular weight is 482 g/mol. The maximum atomic E-state index is 12.2. The molecular weight excluding hydrogens is 458 g/mol. The number of carbonyl (C=O) groups is 1. The van der Waals surface area contributed by atoms with E-state index in [9.17, 15) is 4.79 Å². The van der Waals surface area contributed by atoms with Crippen LogP contribution in [0.3, 0.4) is 0 Å². The molecule has 170 valence electrons. The first-order chi connectivity index (χ1) is 16.1. The number of amides is 1. The van der Waals surface area contributed by atoms with E-state index in [-0.39, 0.29) is 12.3 Å². The summed E-state index contributed by atoms with van der Waals surface area (Å²) in [6.07, 6.45) is 7.92. The first-order valence-electron chi connectivity index (χ1n) is 10.7. The molecule has 0 radical (unpaired) electrons. The summed E-state index contributed by atoms with van der Waals surface area (Å²) in [5.74, 6) is 1.57. The Morgan fingerprint density at radius 3 is 2.85 bits per heavy atom. The van der Waals surface area contributed by atoms with Gasteiger partial charge in [-0.1, -0.05) is 28.7 Å². The molecule has 4 heterocycles. The third kappa shape index (κ3) is 5.57. The van der Waals surface area contributed by atoms with Crippen molar-refractivity contribution in [3.63, 3.8) is 0 Å². The van der Waals surface area contributed by atoms with Gasteiger partial charge in [0.15, 0.2) is 5.82 Å². The Kier molecular flexibility index (Phi) is 6.35. The van der Waals surface area contributed by atoms with Crippen molar-refractivity contribution in [2.24, 2.45) is 13.0 Å². The molecule has 33 heavy (non-hydrogen) atoms. The molecule has 5 rings (SSSR count). The minimum Gasteiger partial charge on any atom is -0.313 e. The van der Waals surface area contributed by atoms with Gasteiger partial charge in [0.25, 0.3) is 0 Å². The van der Waals surface area contributed by atoms with Gasteiger partial charge in [0.05, 0.1) is 6.42 Å². The Hall–Kier alpha value is -3.25. The molecule has 12 heteroatoms. The first kappa shape index (κ1) is 21.6. The molecule has 0 aromatic carbocycles. The second-order valence-corrected chi connectivity index (χ2v) is 10.1. The molecule has 10 nitrogen and oxygen atoms in total. The third-order valence-electron chi connectivity index (χ3n) is 5.52. The van der Waals surface area contributed by atoms with Crippen molar-refractivity contribution in [2.75, 3.05) is 10.6 Å². The van der Waals surface area contributed by atoms with Gasteiger partial charge in [-0.25, -0.2) is 0 Å². The van der Waals surface area contributed by atoms with Gasteiger partial charge in [-0.15, -0.1) is 20.4 Å². The fourth-order valence-corrected chi connectivity index (χ4v) is 5.76. The molecule has 0 bridgehead atoms. The van der Waals surface area contributed by atoms with E-state index in [1.807, 2.05) is 37.5 Å². The van der Waals surface area contributed by atoms with Crippen molar-refractivity contribution in [3.8, 4) is 0 Å². The number of nitrogens with zero attached hydrogens (tertiary/aromatic N) is 7. The summed E-state index contributed by atoms with van der Waals surface area (Å²) in [6.45, 7) is 0. The molecule has 4 aromatic rings. The number of rotatable bonds is 8. The van der Waals surface area contributed by atoms with Gasteiger partial charge < -0.3 is 10.6 Å². The molecule has 2 atom stereocenters. The zero-order chi connectivity index (χ0) is 22.6. The van der Waals surface area contributed by atoms with Crippen LogP contribution in [0.25, 0.3) is 0 Å². The molecule has 0 saturated heterocycles. The van der Waals surface area contributed by atoms with Crippen LogP contribution >= 0.6 is 22.7 Å². The second kappa shape index (κ2) is 9.71. The highest BCUT2D eigenvalue weighted by molar-refractivity contribution is 7.15. The quantitative estimate of drug-likeness (QED) is 0.391. The van der Waals surface area contributed by atoms with Crippen LogP contribution < -0.4 is 10.6 Å². The van der Waals surface area contributed by atoms with Crippen LogP contribution in [0.1, 0.15) is 40.9 Å². The number of aromatic nitrogens is 7. The summed E-state index contributed by atoms with van der Waals surface area (Å²) < 4.78 is 1.75. The Labute approximate surface area is 198 Å². The van der Waals surface area contributed by atoms with E-state index < -0.39 is 0 Å². The van der Waals surface area contributed by atoms with E-state index in [1.54, 1.807) is 22.2 Å². The highest BCUT2D eigenvalue weighted by Gasteiger charge is 2.29. The second-order valence-electron chi connectivity index (χ2n) is 8.07. The third-order valence-corrected chi connectivity index (χ3v) is 7.39. The highest BCUT2D eigenvalue weighted by Crippen LogP contribution is 2.41. The fraction of sp³-hybridized carbons (Fsp3) is 0.381. The lowest BCUT2D eigenvalue weighted by atomic mass is 10.0. The van der Waals surface area contributed by atoms with Crippen molar-refractivity contribution < 1.29 is 4.79 Å². The number of aryl methyl sites for hydroxylation is 1. The van der Waals surface area contributed by atoms with E-state index >= 15 is 0 Å². The summed E-state index contributed by atoms with van der Waals surface area (Å²) in [7, 11) is 1.88. The molecule has 4 aromatic heterocycles. The number of carbonyl (C=O) groups excluding carboxylic acids is 1. The van der Waals surface area contributed by atoms with Crippen LogP contribution in [0.4, 0.5) is 16.1 Å². The lowest BCUT2D eigenvalue weighted by Crippen LogP contribution is -2.14. The normalized spacial score (nSPS) is 17.8. The van der Waals surface area contributed by atoms with Gasteiger partial charge in [-0.2, -0.15) is 5.10 Å². The zero-order valence-corrected chi connectivity index (χ0v) is 19.6. The molecule has 1 aliphatic carbocycles. The van der Waals surface area contributed by atoms with Gasteiger partial charge >= 0.3 is 0 Å². The van der Waals surface area contributed by atoms with Gasteiger partial charge in [0.1, 0.15) is 10.0 Å². The van der Waals surface area contributed by atoms with Crippen molar-refractivity contribution in [1.82, 2.24) is 35.2 Å². The minimum absolute atomic E-state index is 0.135. The van der Waals surface area contributed by atoms with Crippen LogP contribution in [0.15, 0.2) is 36.7 Å². The predicted octanol–water partition coefficient (Wildman–Crippen LogP) is 3.57. The molecule has 0 unspecified atom stereocenters. The van der Waals surface area contributed by atoms with Crippen LogP contribution in [0.5, 0.6) is 0 Å². The van der Waals surface area contributed by atoms with Gasteiger partial charge in [0, 0.05) is 43.5 Å². The Morgan fingerprint density at radius 1 is 1.12 bits per heavy atom. The largest absolute Gasteiger partial charge is 0.313 e. The fourth-order valence-electron chi connectivity index (χ4n) is 3.99. The van der Waals surface area contributed by atoms with Gasteiger partial charge in [0.2, 0.25) is 16.2 Å². The lowest BCUT2D eigenvalue weighted by molar-refractivity contribution is -0.115. The molecule has 0 spiro atoms. The van der Waals surface area contributed by atoms with Gasteiger partial charge in [-0.3, -0.25) is 14.5 Å². The van der Waals surface area contributed by atoms with Crippen molar-refractivity contribution in [2.45, 2.75) is 38.0 Å². The number of hydrogen-bond donors (Lipinski definition) is 2. The van der Waals surface area contributed by atoms with Crippen molar-refractivity contribution in [1.29, 1.82) is 0 Å². The molecule has 1 saturated carbocycles. The lowest BCUT2D eigenvalue weighted by Gasteiger charge is -2.06. The van der Waals surface area contributed by atoms with Crippen LogP contribution in [-0.2, 0) is 24.7 Å². The van der Waals surface area contributed by atoms with Crippen LogP contribution in [0.2, 0.25) is 0 Å². The van der Waals surface area contributed by atoms with Crippen molar-refractivity contribution >= 4 is 44.7 Å². The van der Waals surface area contributed by atoms with Crippen LogP contribution in [0, 0.1) is 5.92 Å². The first-order valence-corrected chi connectivity index (χ1v) is 12.4. The minimum atomic E-state index is -0.135. The molecule has 1 aliphatic rings. The highest BCUT2D eigenvalue weighted by atomic mass is 32.1. The van der Waals surface area contributed by atoms with E-state index in [1.165, 1.54) is 11.3 Å². The summed E-state index contributed by atoms with van der Waals surface area (Å²) in [5.41, 5.74) is 0.729. The molecule has 0 aliphatic heterocycles. The van der Waals surface area contributed by atoms with E-state index in [4.69, 9.17) is 0 Å². The number of nitrogens with one attached hydrogen (secondary N) is 2. The van der Waals surface area contributed by atoms with Crippen molar-refractivity contribution in [3.05, 3.63) is 52.4 Å². The van der Waals surface area contributed by atoms with Crippen LogP contribution in [-0.4, -0.2) is 41.1 Å². The molecular formula is C21H23N9OS2. The summed E-state index contributed by atoms with van der Waals surface area (Å²) >= 11 is 3.04. The standard InChI is InChI=1S/C21H23N9OS2/c1-30-9-7-16(29-30)23-20-28-26-19(33-20)14-6-5-13(10-14)11-18-25-27-21(32-18)24-17(31)12-15-4-2-3-8-22-15/h2-4,7-9,13-14H,5-6,10-12H2,1H3,(H,23,28,29)(H,24,27,31)/t13-,14+/m0/s1. The molecule has 1 amide bonds. The Bertz CT molecular complexity index is 1220. The van der Waals surface area contributed by atoms with E-state index in [2.05, 4.69) is 41.1 Å². The average Bonchev–Trinajstić information content (AvgIpc) is 3.59.